The second kappa shape index (κ2) is 4.74. The molecule has 0 saturated heterocycles. The van der Waals surface area contributed by atoms with E-state index in [1.54, 1.807) is 35.4 Å². The Morgan fingerprint density at radius 3 is 2.65 bits per heavy atom. The molecule has 2 aromatic heterocycles. The van der Waals surface area contributed by atoms with Crippen molar-refractivity contribution in [1.82, 2.24) is 14.8 Å². The van der Waals surface area contributed by atoms with Gasteiger partial charge in [0.15, 0.2) is 5.78 Å². The summed E-state index contributed by atoms with van der Waals surface area (Å²) in [5.74, 6) is -0.0348. The number of ketones is 1. The Kier molecular flexibility index (Phi) is 3.14. The van der Waals surface area contributed by atoms with Crippen LogP contribution >= 0.6 is 0 Å². The molecule has 0 radical (unpaired) electrons. The number of hydrogen-bond donors (Lipinski definition) is 0. The maximum atomic E-state index is 11.9. The summed E-state index contributed by atoms with van der Waals surface area (Å²) in [5, 5.41) is 4.04. The summed E-state index contributed by atoms with van der Waals surface area (Å²) in [6.07, 6.45) is 8.31. The number of carbonyl (C=O) groups excluding carboxylic acids is 1. The zero-order chi connectivity index (χ0) is 12.3. The highest BCUT2D eigenvalue weighted by molar-refractivity contribution is 6.07. The molecule has 0 bridgehead atoms. The van der Waals surface area contributed by atoms with Gasteiger partial charge >= 0.3 is 0 Å². The molecule has 0 spiro atoms. The van der Waals surface area contributed by atoms with Crippen LogP contribution in [0.25, 0.3) is 6.08 Å². The Bertz CT molecular complexity index is 555. The van der Waals surface area contributed by atoms with Gasteiger partial charge in [-0.05, 0) is 30.7 Å². The Hall–Kier alpha value is -2.23. The predicted molar refractivity (Wildman–Crippen MR) is 65.5 cm³/mol. The van der Waals surface area contributed by atoms with Crippen molar-refractivity contribution >= 4 is 11.9 Å². The summed E-state index contributed by atoms with van der Waals surface area (Å²) in [5.41, 5.74) is 2.46. The minimum atomic E-state index is -0.0348. The largest absolute Gasteiger partial charge is 0.289 e. The summed E-state index contributed by atoms with van der Waals surface area (Å²) >= 11 is 0. The normalized spacial score (nSPS) is 10.9. The molecule has 17 heavy (non-hydrogen) atoms. The molecule has 86 valence electrons. The number of nitrogens with zero attached hydrogens (tertiary/aromatic N) is 3. The number of aryl methyl sites for hydroxylation is 1. The Labute approximate surface area is 99.6 Å². The molecule has 2 heterocycles. The van der Waals surface area contributed by atoms with Crippen molar-refractivity contribution in [2.75, 3.05) is 0 Å². The maximum Gasteiger partial charge on any atom is 0.189 e. The third-order valence-electron chi connectivity index (χ3n) is 2.63. The van der Waals surface area contributed by atoms with Gasteiger partial charge in [-0.2, -0.15) is 5.10 Å². The first kappa shape index (κ1) is 11.3. The number of carbonyl (C=O) groups is 1. The van der Waals surface area contributed by atoms with Crippen molar-refractivity contribution in [2.24, 2.45) is 7.05 Å². The summed E-state index contributed by atoms with van der Waals surface area (Å²) < 4.78 is 1.69. The quantitative estimate of drug-likeness (QED) is 0.595. The number of pyridine rings is 1. The van der Waals surface area contributed by atoms with E-state index in [0.717, 1.165) is 11.3 Å². The summed E-state index contributed by atoms with van der Waals surface area (Å²) in [6.45, 7) is 1.88. The van der Waals surface area contributed by atoms with Crippen LogP contribution in [-0.2, 0) is 7.05 Å². The molecule has 4 nitrogen and oxygen atoms in total. The molecule has 0 amide bonds. The first-order valence-corrected chi connectivity index (χ1v) is 5.29. The van der Waals surface area contributed by atoms with Gasteiger partial charge in [0, 0.05) is 25.1 Å². The van der Waals surface area contributed by atoms with Crippen LogP contribution in [0.5, 0.6) is 0 Å². The van der Waals surface area contributed by atoms with Crippen LogP contribution in [0.3, 0.4) is 0 Å². The highest BCUT2D eigenvalue weighted by Gasteiger charge is 2.09. The summed E-state index contributed by atoms with van der Waals surface area (Å²) in [4.78, 5) is 15.8. The molecule has 0 aliphatic rings. The van der Waals surface area contributed by atoms with Crippen LogP contribution in [0.4, 0.5) is 0 Å². The van der Waals surface area contributed by atoms with Gasteiger partial charge in [-0.3, -0.25) is 14.5 Å². The Morgan fingerprint density at radius 2 is 2.06 bits per heavy atom. The molecule has 0 aliphatic heterocycles. The highest BCUT2D eigenvalue weighted by Crippen LogP contribution is 2.08. The molecular weight excluding hydrogens is 214 g/mol. The zero-order valence-corrected chi connectivity index (χ0v) is 9.79. The summed E-state index contributed by atoms with van der Waals surface area (Å²) in [7, 11) is 1.82. The van der Waals surface area contributed by atoms with Crippen molar-refractivity contribution in [1.29, 1.82) is 0 Å². The van der Waals surface area contributed by atoms with Crippen LogP contribution < -0.4 is 0 Å². The van der Waals surface area contributed by atoms with Crippen LogP contribution in [0.2, 0.25) is 0 Å². The topological polar surface area (TPSA) is 47.8 Å². The fourth-order valence-corrected chi connectivity index (χ4v) is 1.48. The van der Waals surface area contributed by atoms with E-state index >= 15 is 0 Å². The molecule has 0 atom stereocenters. The maximum absolute atomic E-state index is 11.9. The number of allylic oxidation sites excluding steroid dienone is 1. The predicted octanol–water partition coefficient (Wildman–Crippen LogP) is 2.02. The molecule has 2 aromatic rings. The van der Waals surface area contributed by atoms with E-state index in [0.29, 0.717) is 5.56 Å². The van der Waals surface area contributed by atoms with Crippen LogP contribution in [0.15, 0.2) is 36.8 Å². The first-order chi connectivity index (χ1) is 8.18. The minimum Gasteiger partial charge on any atom is -0.289 e. The average molecular weight is 227 g/mol. The van der Waals surface area contributed by atoms with Crippen molar-refractivity contribution in [2.45, 2.75) is 6.92 Å². The van der Waals surface area contributed by atoms with Gasteiger partial charge < -0.3 is 0 Å². The van der Waals surface area contributed by atoms with E-state index in [-0.39, 0.29) is 5.78 Å². The smallest absolute Gasteiger partial charge is 0.189 e. The Morgan fingerprint density at radius 1 is 1.35 bits per heavy atom. The zero-order valence-electron chi connectivity index (χ0n) is 9.79. The second-order valence-electron chi connectivity index (χ2n) is 3.75. The van der Waals surface area contributed by atoms with E-state index in [2.05, 4.69) is 10.1 Å². The lowest BCUT2D eigenvalue weighted by atomic mass is 10.1. The van der Waals surface area contributed by atoms with E-state index in [1.807, 2.05) is 26.1 Å². The van der Waals surface area contributed by atoms with Gasteiger partial charge in [0.2, 0.25) is 0 Å². The second-order valence-corrected chi connectivity index (χ2v) is 3.75. The lowest BCUT2D eigenvalue weighted by Crippen LogP contribution is -1.98. The monoisotopic (exact) mass is 227 g/mol. The number of hydrogen-bond acceptors (Lipinski definition) is 3. The average Bonchev–Trinajstić information content (AvgIpc) is 2.69. The molecule has 0 aliphatic carbocycles. The first-order valence-electron chi connectivity index (χ1n) is 5.29. The lowest BCUT2D eigenvalue weighted by molar-refractivity contribution is 0.104. The minimum absolute atomic E-state index is 0.0348. The van der Waals surface area contributed by atoms with Crippen LogP contribution in [0, 0.1) is 6.92 Å². The molecule has 4 heteroatoms. The Balaban J connectivity index is 2.18. The van der Waals surface area contributed by atoms with Gasteiger partial charge in [0.25, 0.3) is 0 Å². The third-order valence-corrected chi connectivity index (χ3v) is 2.63. The van der Waals surface area contributed by atoms with E-state index in [1.165, 1.54) is 0 Å². The van der Waals surface area contributed by atoms with Crippen molar-refractivity contribution in [3.8, 4) is 0 Å². The third kappa shape index (κ3) is 2.47. The molecule has 0 fully saturated rings. The number of aromatic nitrogens is 3. The standard InChI is InChI=1S/C13H13N3O/c1-10-12(9-15-16(10)2)13(17)4-3-11-5-7-14-8-6-11/h3-9H,1-2H3/b4-3+. The van der Waals surface area contributed by atoms with Gasteiger partial charge in [0.1, 0.15) is 0 Å². The van der Waals surface area contributed by atoms with Gasteiger partial charge in [-0.1, -0.05) is 6.08 Å². The van der Waals surface area contributed by atoms with Gasteiger partial charge in [-0.25, -0.2) is 0 Å². The summed E-state index contributed by atoms with van der Waals surface area (Å²) in [6, 6.07) is 3.69. The van der Waals surface area contributed by atoms with Crippen LogP contribution in [-0.4, -0.2) is 20.5 Å². The molecule has 0 N–H and O–H groups in total. The van der Waals surface area contributed by atoms with E-state index in [9.17, 15) is 4.79 Å². The van der Waals surface area contributed by atoms with Crippen molar-refractivity contribution < 1.29 is 4.79 Å². The fraction of sp³-hybridized carbons (Fsp3) is 0.154. The van der Waals surface area contributed by atoms with Crippen molar-refractivity contribution in [3.05, 3.63) is 53.6 Å². The fourth-order valence-electron chi connectivity index (χ4n) is 1.48. The van der Waals surface area contributed by atoms with Gasteiger partial charge in [-0.15, -0.1) is 0 Å². The molecular formula is C13H13N3O. The molecule has 0 aromatic carbocycles. The molecule has 2 rings (SSSR count). The molecule has 0 saturated carbocycles. The van der Waals surface area contributed by atoms with Crippen LogP contribution in [0.1, 0.15) is 21.6 Å². The van der Waals surface area contributed by atoms with Crippen molar-refractivity contribution in [3.63, 3.8) is 0 Å². The lowest BCUT2D eigenvalue weighted by Gasteiger charge is -1.95. The van der Waals surface area contributed by atoms with Gasteiger partial charge in [0.05, 0.1) is 11.8 Å². The molecule has 0 unspecified atom stereocenters. The van der Waals surface area contributed by atoms with E-state index < -0.39 is 0 Å². The number of rotatable bonds is 3. The highest BCUT2D eigenvalue weighted by atomic mass is 16.1. The SMILES string of the molecule is Cc1c(C(=O)/C=C/c2ccncc2)cnn1C. The van der Waals surface area contributed by atoms with E-state index in [4.69, 9.17) is 0 Å².